The molecule has 0 aromatic heterocycles. The van der Waals surface area contributed by atoms with E-state index < -0.39 is 0 Å². The van der Waals surface area contributed by atoms with Crippen LogP contribution in [0.1, 0.15) is 18.5 Å². The second-order valence-corrected chi connectivity index (χ2v) is 3.72. The summed E-state index contributed by atoms with van der Waals surface area (Å²) >= 11 is 0. The summed E-state index contributed by atoms with van der Waals surface area (Å²) in [5.41, 5.74) is 1.26. The summed E-state index contributed by atoms with van der Waals surface area (Å²) in [5.74, 6) is 0.895. The van der Waals surface area contributed by atoms with Crippen molar-refractivity contribution < 1.29 is 0 Å². The molecule has 0 bridgehead atoms. The molecule has 1 rings (SSSR count). The maximum absolute atomic E-state index is 4.18. The summed E-state index contributed by atoms with van der Waals surface area (Å²) in [6.07, 6.45) is 0. The minimum atomic E-state index is 0. The molecule has 0 saturated carbocycles. The van der Waals surface area contributed by atoms with Gasteiger partial charge in [-0.25, -0.2) is 0 Å². The Bertz CT molecular complexity index is 322. The number of nitrogens with one attached hydrogen (secondary N) is 1. The number of hydrogen-bond acceptors (Lipinski definition) is 1. The van der Waals surface area contributed by atoms with Crippen LogP contribution in [-0.4, -0.2) is 32.0 Å². The van der Waals surface area contributed by atoms with E-state index in [2.05, 4.69) is 29.4 Å². The summed E-state index contributed by atoms with van der Waals surface area (Å²) in [4.78, 5) is 6.16. The van der Waals surface area contributed by atoms with Crippen molar-refractivity contribution >= 4 is 29.9 Å². The Morgan fingerprint density at radius 2 is 1.81 bits per heavy atom. The third-order valence-corrected chi connectivity index (χ3v) is 2.28. The summed E-state index contributed by atoms with van der Waals surface area (Å²) < 4.78 is 0. The van der Waals surface area contributed by atoms with Gasteiger partial charge in [0.1, 0.15) is 0 Å². The lowest BCUT2D eigenvalue weighted by atomic mass is 10.1. The first kappa shape index (κ1) is 15.2. The number of rotatable bonds is 2. The molecule has 16 heavy (non-hydrogen) atoms. The molecular weight excluding hydrogens is 313 g/mol. The normalized spacial score (nSPS) is 12.6. The van der Waals surface area contributed by atoms with Gasteiger partial charge in [0.05, 0.1) is 6.04 Å². The number of hydrogen-bond donors (Lipinski definition) is 1. The van der Waals surface area contributed by atoms with E-state index in [9.17, 15) is 0 Å². The first-order valence-electron chi connectivity index (χ1n) is 5.10. The van der Waals surface area contributed by atoms with E-state index in [0.717, 1.165) is 5.96 Å². The zero-order valence-electron chi connectivity index (χ0n) is 10.3. The Balaban J connectivity index is 0.00000225. The van der Waals surface area contributed by atoms with Crippen LogP contribution >= 0.6 is 24.0 Å². The molecule has 0 amide bonds. The van der Waals surface area contributed by atoms with E-state index in [4.69, 9.17) is 0 Å². The average Bonchev–Trinajstić information content (AvgIpc) is 2.26. The Kier molecular flexibility index (Phi) is 7.12. The minimum absolute atomic E-state index is 0. The molecule has 1 unspecified atom stereocenters. The molecule has 3 nitrogen and oxygen atoms in total. The third kappa shape index (κ3) is 4.38. The fourth-order valence-electron chi connectivity index (χ4n) is 1.41. The van der Waals surface area contributed by atoms with Crippen molar-refractivity contribution in [3.05, 3.63) is 35.9 Å². The Morgan fingerprint density at radius 3 is 2.25 bits per heavy atom. The standard InChI is InChI=1S/C12H19N3.HI/c1-10(11-8-6-5-7-9-11)14-12(13-2)15(3)4;/h5-10H,1-4H3,(H,13,14);1H. The number of benzene rings is 1. The van der Waals surface area contributed by atoms with Crippen LogP contribution in [0.15, 0.2) is 35.3 Å². The molecule has 0 aliphatic heterocycles. The van der Waals surface area contributed by atoms with E-state index >= 15 is 0 Å². The van der Waals surface area contributed by atoms with Crippen LogP contribution in [-0.2, 0) is 0 Å². The molecule has 1 N–H and O–H groups in total. The zero-order valence-corrected chi connectivity index (χ0v) is 12.6. The van der Waals surface area contributed by atoms with Crippen LogP contribution in [0.25, 0.3) is 0 Å². The number of guanidine groups is 1. The quantitative estimate of drug-likeness (QED) is 0.512. The molecule has 0 spiro atoms. The predicted molar refractivity (Wildman–Crippen MR) is 80.5 cm³/mol. The summed E-state index contributed by atoms with van der Waals surface area (Å²) in [7, 11) is 5.75. The molecule has 0 saturated heterocycles. The third-order valence-electron chi connectivity index (χ3n) is 2.28. The SMILES string of the molecule is CN=C(NC(C)c1ccccc1)N(C)C.I. The van der Waals surface area contributed by atoms with Crippen molar-refractivity contribution in [1.29, 1.82) is 0 Å². The van der Waals surface area contributed by atoms with Gasteiger partial charge in [-0.1, -0.05) is 30.3 Å². The lowest BCUT2D eigenvalue weighted by Crippen LogP contribution is -2.37. The van der Waals surface area contributed by atoms with Gasteiger partial charge in [-0.15, -0.1) is 24.0 Å². The van der Waals surface area contributed by atoms with Crippen LogP contribution < -0.4 is 5.32 Å². The van der Waals surface area contributed by atoms with Gasteiger partial charge in [0.15, 0.2) is 5.96 Å². The highest BCUT2D eigenvalue weighted by atomic mass is 127. The second kappa shape index (κ2) is 7.49. The number of nitrogens with zero attached hydrogens (tertiary/aromatic N) is 2. The number of aliphatic imine (C=N–C) groups is 1. The summed E-state index contributed by atoms with van der Waals surface area (Å²) in [6.45, 7) is 2.13. The maximum atomic E-state index is 4.18. The Labute approximate surface area is 115 Å². The molecule has 1 atom stereocenters. The second-order valence-electron chi connectivity index (χ2n) is 3.72. The van der Waals surface area contributed by atoms with Crippen molar-refractivity contribution in [3.63, 3.8) is 0 Å². The molecule has 0 heterocycles. The molecular formula is C12H20IN3. The van der Waals surface area contributed by atoms with Crippen molar-refractivity contribution in [2.24, 2.45) is 4.99 Å². The smallest absolute Gasteiger partial charge is 0.193 e. The van der Waals surface area contributed by atoms with Crippen LogP contribution in [0.5, 0.6) is 0 Å². The lowest BCUT2D eigenvalue weighted by molar-refractivity contribution is 0.557. The highest BCUT2D eigenvalue weighted by Crippen LogP contribution is 2.10. The van der Waals surface area contributed by atoms with E-state index in [0.29, 0.717) is 0 Å². The Hall–Kier alpha value is -0.780. The molecule has 90 valence electrons. The van der Waals surface area contributed by atoms with E-state index in [1.165, 1.54) is 5.56 Å². The molecule has 1 aromatic rings. The Morgan fingerprint density at radius 1 is 1.25 bits per heavy atom. The molecule has 0 aliphatic carbocycles. The topological polar surface area (TPSA) is 27.6 Å². The van der Waals surface area contributed by atoms with Gasteiger partial charge in [-0.2, -0.15) is 0 Å². The minimum Gasteiger partial charge on any atom is -0.350 e. The van der Waals surface area contributed by atoms with Crippen molar-refractivity contribution in [2.75, 3.05) is 21.1 Å². The monoisotopic (exact) mass is 333 g/mol. The van der Waals surface area contributed by atoms with E-state index in [1.54, 1.807) is 7.05 Å². The zero-order chi connectivity index (χ0) is 11.3. The molecule has 4 heteroatoms. The highest BCUT2D eigenvalue weighted by molar-refractivity contribution is 14.0. The van der Waals surface area contributed by atoms with Crippen molar-refractivity contribution in [2.45, 2.75) is 13.0 Å². The molecule has 0 aliphatic rings. The summed E-state index contributed by atoms with van der Waals surface area (Å²) in [6, 6.07) is 10.6. The highest BCUT2D eigenvalue weighted by Gasteiger charge is 2.07. The average molecular weight is 333 g/mol. The predicted octanol–water partition coefficient (Wildman–Crippen LogP) is 2.50. The first-order chi connectivity index (χ1) is 7.15. The van der Waals surface area contributed by atoms with Gasteiger partial charge >= 0.3 is 0 Å². The van der Waals surface area contributed by atoms with Gasteiger partial charge < -0.3 is 10.2 Å². The van der Waals surface area contributed by atoms with Gasteiger partial charge in [-0.05, 0) is 12.5 Å². The number of halogens is 1. The fourth-order valence-corrected chi connectivity index (χ4v) is 1.41. The van der Waals surface area contributed by atoms with Crippen molar-refractivity contribution in [1.82, 2.24) is 10.2 Å². The molecule has 0 fully saturated rings. The van der Waals surface area contributed by atoms with Crippen LogP contribution in [0, 0.1) is 0 Å². The first-order valence-corrected chi connectivity index (χ1v) is 5.10. The van der Waals surface area contributed by atoms with E-state index in [1.807, 2.05) is 37.2 Å². The maximum Gasteiger partial charge on any atom is 0.193 e. The van der Waals surface area contributed by atoms with Crippen LogP contribution in [0.3, 0.4) is 0 Å². The summed E-state index contributed by atoms with van der Waals surface area (Å²) in [5, 5.41) is 3.36. The molecule has 0 radical (unpaired) electrons. The van der Waals surface area contributed by atoms with Crippen LogP contribution in [0.4, 0.5) is 0 Å². The van der Waals surface area contributed by atoms with Gasteiger partial charge in [0.2, 0.25) is 0 Å². The van der Waals surface area contributed by atoms with Gasteiger partial charge in [0.25, 0.3) is 0 Å². The lowest BCUT2D eigenvalue weighted by Gasteiger charge is -2.21. The largest absolute Gasteiger partial charge is 0.350 e. The van der Waals surface area contributed by atoms with Gasteiger partial charge in [0, 0.05) is 21.1 Å². The van der Waals surface area contributed by atoms with Gasteiger partial charge in [-0.3, -0.25) is 4.99 Å². The molecule has 1 aromatic carbocycles. The van der Waals surface area contributed by atoms with Crippen LogP contribution in [0.2, 0.25) is 0 Å². The van der Waals surface area contributed by atoms with E-state index in [-0.39, 0.29) is 30.0 Å². The van der Waals surface area contributed by atoms with Crippen molar-refractivity contribution in [3.8, 4) is 0 Å². The fraction of sp³-hybridized carbons (Fsp3) is 0.417.